The zero-order valence-electron chi connectivity index (χ0n) is 10.2. The lowest BCUT2D eigenvalue weighted by Gasteiger charge is -2.31. The van der Waals surface area contributed by atoms with Crippen LogP contribution in [-0.4, -0.2) is 36.1 Å². The zero-order valence-corrected chi connectivity index (χ0v) is 10.2. The largest absolute Gasteiger partial charge is 0.314 e. The fraction of sp³-hybridized carbons (Fsp3) is 1.00. The molecule has 1 saturated carbocycles. The molecule has 1 aliphatic carbocycles. The molecule has 2 unspecified atom stereocenters. The standard InChI is InChI=1S/C12H26N2/c1-5-13-11-7-8-12(9-11)14(6-2)10(3)4/h10-13H,5-9H2,1-4H3. The van der Waals surface area contributed by atoms with Crippen molar-refractivity contribution < 1.29 is 0 Å². The topological polar surface area (TPSA) is 15.3 Å². The van der Waals surface area contributed by atoms with Crippen LogP contribution in [0.15, 0.2) is 0 Å². The van der Waals surface area contributed by atoms with Gasteiger partial charge in [-0.1, -0.05) is 13.8 Å². The fourth-order valence-corrected chi connectivity index (χ4v) is 2.78. The molecule has 0 aliphatic heterocycles. The Balaban J connectivity index is 2.39. The average Bonchev–Trinajstić information content (AvgIpc) is 2.54. The van der Waals surface area contributed by atoms with Crippen LogP contribution < -0.4 is 5.32 Å². The van der Waals surface area contributed by atoms with Gasteiger partial charge in [-0.25, -0.2) is 0 Å². The Labute approximate surface area is 89.1 Å². The Morgan fingerprint density at radius 3 is 2.50 bits per heavy atom. The van der Waals surface area contributed by atoms with E-state index in [1.165, 1.54) is 25.8 Å². The smallest absolute Gasteiger partial charge is 0.0113 e. The maximum absolute atomic E-state index is 3.57. The minimum absolute atomic E-state index is 0.699. The summed E-state index contributed by atoms with van der Waals surface area (Å²) in [5, 5.41) is 3.57. The van der Waals surface area contributed by atoms with E-state index in [9.17, 15) is 0 Å². The first-order chi connectivity index (χ1) is 6.69. The molecule has 1 fully saturated rings. The van der Waals surface area contributed by atoms with E-state index < -0.39 is 0 Å². The number of nitrogens with one attached hydrogen (secondary N) is 1. The van der Waals surface area contributed by atoms with Gasteiger partial charge in [-0.2, -0.15) is 0 Å². The summed E-state index contributed by atoms with van der Waals surface area (Å²) in [6.07, 6.45) is 4.09. The van der Waals surface area contributed by atoms with E-state index in [1.807, 2.05) is 0 Å². The van der Waals surface area contributed by atoms with Crippen LogP contribution in [0.3, 0.4) is 0 Å². The van der Waals surface area contributed by atoms with Crippen LogP contribution in [0.4, 0.5) is 0 Å². The summed E-state index contributed by atoms with van der Waals surface area (Å²) in [6.45, 7) is 11.4. The van der Waals surface area contributed by atoms with Gasteiger partial charge >= 0.3 is 0 Å². The first-order valence-electron chi connectivity index (χ1n) is 6.18. The number of hydrogen-bond donors (Lipinski definition) is 1. The molecule has 0 aromatic rings. The fourth-order valence-electron chi connectivity index (χ4n) is 2.78. The predicted octanol–water partition coefficient (Wildman–Crippen LogP) is 2.25. The van der Waals surface area contributed by atoms with Crippen molar-refractivity contribution in [3.63, 3.8) is 0 Å². The molecule has 1 rings (SSSR count). The van der Waals surface area contributed by atoms with E-state index in [0.717, 1.165) is 18.6 Å². The van der Waals surface area contributed by atoms with Gasteiger partial charge < -0.3 is 5.32 Å². The van der Waals surface area contributed by atoms with Crippen LogP contribution in [-0.2, 0) is 0 Å². The van der Waals surface area contributed by atoms with Gasteiger partial charge in [0, 0.05) is 18.1 Å². The van der Waals surface area contributed by atoms with E-state index in [2.05, 4.69) is 37.9 Å². The van der Waals surface area contributed by atoms with Gasteiger partial charge in [0.1, 0.15) is 0 Å². The highest BCUT2D eigenvalue weighted by molar-refractivity contribution is 4.87. The van der Waals surface area contributed by atoms with Crippen molar-refractivity contribution in [3.05, 3.63) is 0 Å². The molecular formula is C12H26N2. The number of nitrogens with zero attached hydrogens (tertiary/aromatic N) is 1. The quantitative estimate of drug-likeness (QED) is 0.729. The van der Waals surface area contributed by atoms with E-state index >= 15 is 0 Å². The second-order valence-electron chi connectivity index (χ2n) is 4.65. The summed E-state index contributed by atoms with van der Waals surface area (Å²) in [7, 11) is 0. The molecule has 0 bridgehead atoms. The monoisotopic (exact) mass is 198 g/mol. The van der Waals surface area contributed by atoms with E-state index in [-0.39, 0.29) is 0 Å². The minimum atomic E-state index is 0.699. The highest BCUT2D eigenvalue weighted by Gasteiger charge is 2.28. The van der Waals surface area contributed by atoms with Gasteiger partial charge in [-0.05, 0) is 46.2 Å². The molecule has 2 atom stereocenters. The first-order valence-corrected chi connectivity index (χ1v) is 6.18. The van der Waals surface area contributed by atoms with Crippen molar-refractivity contribution >= 4 is 0 Å². The summed E-state index contributed by atoms with van der Waals surface area (Å²) in [5.41, 5.74) is 0. The molecule has 0 amide bonds. The molecule has 14 heavy (non-hydrogen) atoms. The average molecular weight is 198 g/mol. The molecule has 0 heterocycles. The molecule has 0 aromatic carbocycles. The molecule has 0 saturated heterocycles. The van der Waals surface area contributed by atoms with Gasteiger partial charge in [0.25, 0.3) is 0 Å². The molecule has 0 radical (unpaired) electrons. The van der Waals surface area contributed by atoms with Crippen molar-refractivity contribution in [1.82, 2.24) is 10.2 Å². The molecule has 84 valence electrons. The Morgan fingerprint density at radius 2 is 2.00 bits per heavy atom. The summed E-state index contributed by atoms with van der Waals surface area (Å²) < 4.78 is 0. The lowest BCUT2D eigenvalue weighted by Crippen LogP contribution is -2.40. The summed E-state index contributed by atoms with van der Waals surface area (Å²) >= 11 is 0. The predicted molar refractivity (Wildman–Crippen MR) is 62.6 cm³/mol. The van der Waals surface area contributed by atoms with Crippen LogP contribution in [0, 0.1) is 0 Å². The highest BCUT2D eigenvalue weighted by atomic mass is 15.2. The Hall–Kier alpha value is -0.0800. The lowest BCUT2D eigenvalue weighted by atomic mass is 10.1. The zero-order chi connectivity index (χ0) is 10.6. The third-order valence-corrected chi connectivity index (χ3v) is 3.40. The maximum atomic E-state index is 3.57. The molecule has 0 spiro atoms. The van der Waals surface area contributed by atoms with Crippen molar-refractivity contribution in [3.8, 4) is 0 Å². The van der Waals surface area contributed by atoms with Crippen LogP contribution in [0.2, 0.25) is 0 Å². The molecule has 1 N–H and O–H groups in total. The van der Waals surface area contributed by atoms with E-state index in [4.69, 9.17) is 0 Å². The Morgan fingerprint density at radius 1 is 1.29 bits per heavy atom. The second-order valence-corrected chi connectivity index (χ2v) is 4.65. The van der Waals surface area contributed by atoms with Gasteiger partial charge in [0.05, 0.1) is 0 Å². The van der Waals surface area contributed by atoms with E-state index in [0.29, 0.717) is 6.04 Å². The lowest BCUT2D eigenvalue weighted by molar-refractivity contribution is 0.162. The van der Waals surface area contributed by atoms with Crippen LogP contribution in [0.25, 0.3) is 0 Å². The van der Waals surface area contributed by atoms with Crippen molar-refractivity contribution in [2.45, 2.75) is 65.1 Å². The van der Waals surface area contributed by atoms with Crippen LogP contribution in [0.5, 0.6) is 0 Å². The minimum Gasteiger partial charge on any atom is -0.314 e. The van der Waals surface area contributed by atoms with Gasteiger partial charge in [0.15, 0.2) is 0 Å². The van der Waals surface area contributed by atoms with Gasteiger partial charge in [-0.15, -0.1) is 0 Å². The Kier molecular flexibility index (Phi) is 4.90. The molecule has 0 aromatic heterocycles. The summed E-state index contributed by atoms with van der Waals surface area (Å²) in [6, 6.07) is 2.30. The van der Waals surface area contributed by atoms with Crippen LogP contribution in [0.1, 0.15) is 47.0 Å². The maximum Gasteiger partial charge on any atom is 0.0113 e. The normalized spacial score (nSPS) is 27.9. The number of rotatable bonds is 5. The van der Waals surface area contributed by atoms with Gasteiger partial charge in [0.2, 0.25) is 0 Å². The molecule has 1 aliphatic rings. The highest BCUT2D eigenvalue weighted by Crippen LogP contribution is 2.25. The number of hydrogen-bond acceptors (Lipinski definition) is 2. The third-order valence-electron chi connectivity index (χ3n) is 3.40. The van der Waals surface area contributed by atoms with Crippen molar-refractivity contribution in [2.75, 3.05) is 13.1 Å². The summed E-state index contributed by atoms with van der Waals surface area (Å²) in [4.78, 5) is 2.64. The second kappa shape index (κ2) is 5.72. The third kappa shape index (κ3) is 2.96. The summed E-state index contributed by atoms with van der Waals surface area (Å²) in [5.74, 6) is 0. The van der Waals surface area contributed by atoms with Crippen molar-refractivity contribution in [2.24, 2.45) is 0 Å². The first kappa shape index (κ1) is 12.0. The SMILES string of the molecule is CCNC1CCC(N(CC)C(C)C)C1. The molecule has 2 nitrogen and oxygen atoms in total. The Bertz CT molecular complexity index is 156. The van der Waals surface area contributed by atoms with Crippen LogP contribution >= 0.6 is 0 Å². The molecule has 2 heteroatoms. The van der Waals surface area contributed by atoms with Gasteiger partial charge in [-0.3, -0.25) is 4.90 Å². The molecular weight excluding hydrogens is 172 g/mol. The van der Waals surface area contributed by atoms with Crippen molar-refractivity contribution in [1.29, 1.82) is 0 Å². The van der Waals surface area contributed by atoms with E-state index in [1.54, 1.807) is 0 Å².